The number of halogens is 2. The molecule has 0 atom stereocenters. The minimum Gasteiger partial charge on any atom is -0.494 e. The maximum Gasteiger partial charge on any atom is 0.262 e. The van der Waals surface area contributed by atoms with Crippen molar-refractivity contribution in [1.82, 2.24) is 0 Å². The fraction of sp³-hybridized carbons (Fsp3) is 0.188. The molecule has 116 valence electrons. The van der Waals surface area contributed by atoms with E-state index in [-0.39, 0.29) is 12.3 Å². The number of hydrogen-bond donors (Lipinski definition) is 1. The van der Waals surface area contributed by atoms with Gasteiger partial charge in [0, 0.05) is 6.07 Å². The Labute approximate surface area is 126 Å². The van der Waals surface area contributed by atoms with Gasteiger partial charge < -0.3 is 14.8 Å². The SMILES string of the molecule is CCOc1ccc(OCC(=O)Nc2cc(F)ccc2F)cc1. The second kappa shape index (κ2) is 7.40. The normalized spacial score (nSPS) is 10.1. The van der Waals surface area contributed by atoms with E-state index in [0.29, 0.717) is 18.1 Å². The van der Waals surface area contributed by atoms with Crippen LogP contribution in [0.1, 0.15) is 6.92 Å². The number of carbonyl (C=O) groups is 1. The predicted molar refractivity (Wildman–Crippen MR) is 78.1 cm³/mol. The van der Waals surface area contributed by atoms with Gasteiger partial charge in [-0.05, 0) is 43.3 Å². The standard InChI is InChI=1S/C16H15F2NO3/c1-2-21-12-4-6-13(7-5-12)22-10-16(20)19-15-9-11(17)3-8-14(15)18/h3-9H,2,10H2,1H3,(H,19,20). The molecule has 2 aromatic carbocycles. The summed E-state index contributed by atoms with van der Waals surface area (Å²) in [6.07, 6.45) is 0. The van der Waals surface area contributed by atoms with Gasteiger partial charge in [-0.1, -0.05) is 0 Å². The average Bonchev–Trinajstić information content (AvgIpc) is 2.51. The Morgan fingerprint density at radius 2 is 1.68 bits per heavy atom. The van der Waals surface area contributed by atoms with Crippen molar-refractivity contribution in [3.8, 4) is 11.5 Å². The van der Waals surface area contributed by atoms with E-state index < -0.39 is 17.5 Å². The quantitative estimate of drug-likeness (QED) is 0.890. The molecule has 2 aromatic rings. The zero-order valence-corrected chi connectivity index (χ0v) is 11.9. The van der Waals surface area contributed by atoms with Gasteiger partial charge in [0.2, 0.25) is 0 Å². The maximum absolute atomic E-state index is 13.4. The maximum atomic E-state index is 13.4. The first-order chi connectivity index (χ1) is 10.6. The molecule has 2 rings (SSSR count). The molecule has 22 heavy (non-hydrogen) atoms. The highest BCUT2D eigenvalue weighted by Crippen LogP contribution is 2.18. The van der Waals surface area contributed by atoms with E-state index in [1.807, 2.05) is 6.92 Å². The Kier molecular flexibility index (Phi) is 5.30. The van der Waals surface area contributed by atoms with Crippen molar-refractivity contribution in [3.63, 3.8) is 0 Å². The first-order valence-corrected chi connectivity index (χ1v) is 6.69. The minimum atomic E-state index is -0.712. The van der Waals surface area contributed by atoms with Crippen molar-refractivity contribution >= 4 is 11.6 Å². The number of benzene rings is 2. The zero-order valence-electron chi connectivity index (χ0n) is 11.9. The van der Waals surface area contributed by atoms with Crippen LogP contribution in [0.15, 0.2) is 42.5 Å². The summed E-state index contributed by atoms with van der Waals surface area (Å²) in [5.74, 6) is -0.766. The van der Waals surface area contributed by atoms with Crippen molar-refractivity contribution in [1.29, 1.82) is 0 Å². The molecule has 0 spiro atoms. The van der Waals surface area contributed by atoms with Gasteiger partial charge in [0.1, 0.15) is 23.1 Å². The molecule has 0 unspecified atom stereocenters. The molecule has 4 nitrogen and oxygen atoms in total. The lowest BCUT2D eigenvalue weighted by molar-refractivity contribution is -0.118. The van der Waals surface area contributed by atoms with Crippen molar-refractivity contribution in [2.24, 2.45) is 0 Å². The van der Waals surface area contributed by atoms with Crippen LogP contribution < -0.4 is 14.8 Å². The highest BCUT2D eigenvalue weighted by Gasteiger charge is 2.09. The van der Waals surface area contributed by atoms with Crippen molar-refractivity contribution < 1.29 is 23.0 Å². The monoisotopic (exact) mass is 307 g/mol. The summed E-state index contributed by atoms with van der Waals surface area (Å²) < 4.78 is 36.9. The second-order valence-electron chi connectivity index (χ2n) is 4.37. The Morgan fingerprint density at radius 3 is 2.32 bits per heavy atom. The Morgan fingerprint density at radius 1 is 1.05 bits per heavy atom. The van der Waals surface area contributed by atoms with Crippen LogP contribution in [0.25, 0.3) is 0 Å². The van der Waals surface area contributed by atoms with Crippen LogP contribution in [0, 0.1) is 11.6 Å². The van der Waals surface area contributed by atoms with Gasteiger partial charge in [0.15, 0.2) is 6.61 Å². The largest absolute Gasteiger partial charge is 0.494 e. The van der Waals surface area contributed by atoms with Gasteiger partial charge in [-0.2, -0.15) is 0 Å². The van der Waals surface area contributed by atoms with E-state index in [0.717, 1.165) is 18.2 Å². The third-order valence-electron chi connectivity index (χ3n) is 2.71. The molecule has 1 amide bonds. The number of rotatable bonds is 6. The first kappa shape index (κ1) is 15.8. The molecule has 0 saturated carbocycles. The van der Waals surface area contributed by atoms with E-state index in [1.165, 1.54) is 0 Å². The highest BCUT2D eigenvalue weighted by molar-refractivity contribution is 5.91. The van der Waals surface area contributed by atoms with E-state index in [9.17, 15) is 13.6 Å². The fourth-order valence-electron chi connectivity index (χ4n) is 1.73. The number of anilines is 1. The number of carbonyl (C=O) groups excluding carboxylic acids is 1. The Bertz CT molecular complexity index is 644. The van der Waals surface area contributed by atoms with E-state index in [2.05, 4.69) is 5.32 Å². The molecule has 0 saturated heterocycles. The average molecular weight is 307 g/mol. The van der Waals surface area contributed by atoms with Crippen molar-refractivity contribution in [2.75, 3.05) is 18.5 Å². The van der Waals surface area contributed by atoms with Crippen LogP contribution in [0.5, 0.6) is 11.5 Å². The van der Waals surface area contributed by atoms with Gasteiger partial charge in [-0.15, -0.1) is 0 Å². The van der Waals surface area contributed by atoms with Gasteiger partial charge >= 0.3 is 0 Å². The van der Waals surface area contributed by atoms with Gasteiger partial charge in [0.25, 0.3) is 5.91 Å². The molecular weight excluding hydrogens is 292 g/mol. The van der Waals surface area contributed by atoms with Crippen molar-refractivity contribution in [2.45, 2.75) is 6.92 Å². The van der Waals surface area contributed by atoms with Gasteiger partial charge in [-0.3, -0.25) is 4.79 Å². The zero-order chi connectivity index (χ0) is 15.9. The van der Waals surface area contributed by atoms with E-state index in [4.69, 9.17) is 9.47 Å². The minimum absolute atomic E-state index is 0.222. The third kappa shape index (κ3) is 4.44. The molecule has 0 aliphatic heterocycles. The van der Waals surface area contributed by atoms with Crippen molar-refractivity contribution in [3.05, 3.63) is 54.1 Å². The molecule has 6 heteroatoms. The summed E-state index contributed by atoms with van der Waals surface area (Å²) in [5, 5.41) is 2.25. The summed E-state index contributed by atoms with van der Waals surface area (Å²) in [5.41, 5.74) is -0.222. The molecule has 0 aliphatic carbocycles. The summed E-state index contributed by atoms with van der Waals surface area (Å²) in [6.45, 7) is 2.12. The molecule has 1 N–H and O–H groups in total. The number of hydrogen-bond acceptors (Lipinski definition) is 3. The topological polar surface area (TPSA) is 47.6 Å². The highest BCUT2D eigenvalue weighted by atomic mass is 19.1. The lowest BCUT2D eigenvalue weighted by Crippen LogP contribution is -2.20. The molecule has 0 bridgehead atoms. The summed E-state index contributed by atoms with van der Waals surface area (Å²) >= 11 is 0. The molecule has 0 aromatic heterocycles. The molecule has 0 aliphatic rings. The number of ether oxygens (including phenoxy) is 2. The summed E-state index contributed by atoms with van der Waals surface area (Å²) in [4.78, 5) is 11.7. The number of nitrogens with one attached hydrogen (secondary N) is 1. The second-order valence-corrected chi connectivity index (χ2v) is 4.37. The Balaban J connectivity index is 1.88. The predicted octanol–water partition coefficient (Wildman–Crippen LogP) is 3.38. The number of amides is 1. The summed E-state index contributed by atoms with van der Waals surface area (Å²) in [6, 6.07) is 9.55. The lowest BCUT2D eigenvalue weighted by atomic mass is 10.3. The summed E-state index contributed by atoms with van der Waals surface area (Å²) in [7, 11) is 0. The molecule has 0 radical (unpaired) electrons. The van der Waals surface area contributed by atoms with Crippen LogP contribution in [0.2, 0.25) is 0 Å². The molecular formula is C16H15F2NO3. The van der Waals surface area contributed by atoms with Crippen LogP contribution >= 0.6 is 0 Å². The third-order valence-corrected chi connectivity index (χ3v) is 2.71. The smallest absolute Gasteiger partial charge is 0.262 e. The van der Waals surface area contributed by atoms with Crippen LogP contribution in [0.4, 0.5) is 14.5 Å². The first-order valence-electron chi connectivity index (χ1n) is 6.69. The van der Waals surface area contributed by atoms with Crippen LogP contribution in [0.3, 0.4) is 0 Å². The van der Waals surface area contributed by atoms with Crippen LogP contribution in [-0.2, 0) is 4.79 Å². The van der Waals surface area contributed by atoms with E-state index >= 15 is 0 Å². The molecule has 0 fully saturated rings. The van der Waals surface area contributed by atoms with Gasteiger partial charge in [-0.25, -0.2) is 8.78 Å². The fourth-order valence-corrected chi connectivity index (χ4v) is 1.73. The van der Waals surface area contributed by atoms with Gasteiger partial charge in [0.05, 0.1) is 12.3 Å². The Hall–Kier alpha value is -2.63. The lowest BCUT2D eigenvalue weighted by Gasteiger charge is -2.09. The van der Waals surface area contributed by atoms with E-state index in [1.54, 1.807) is 24.3 Å². The molecule has 0 heterocycles. The van der Waals surface area contributed by atoms with Crippen LogP contribution in [-0.4, -0.2) is 19.1 Å².